The van der Waals surface area contributed by atoms with Gasteiger partial charge in [-0.15, -0.1) is 0 Å². The molecule has 4 N–H and O–H groups in total. The molecule has 70 valence electrons. The maximum atomic E-state index is 10.2. The maximum absolute atomic E-state index is 10.2. The SMILES string of the molecule is O=C(O)[C@H](O)[C@H]1OC[C@@H](O)[C@@H]1O. The third kappa shape index (κ3) is 1.56. The van der Waals surface area contributed by atoms with Gasteiger partial charge in [-0.3, -0.25) is 0 Å². The Kier molecular flexibility index (Phi) is 2.63. The fourth-order valence-electron chi connectivity index (χ4n) is 1.04. The summed E-state index contributed by atoms with van der Waals surface area (Å²) in [6, 6.07) is 0. The number of carbonyl (C=O) groups is 1. The van der Waals surface area contributed by atoms with E-state index in [2.05, 4.69) is 4.74 Å². The number of rotatable bonds is 2. The first kappa shape index (κ1) is 9.40. The summed E-state index contributed by atoms with van der Waals surface area (Å²) in [6.45, 7) is -0.157. The Balaban J connectivity index is 2.59. The molecule has 1 fully saturated rings. The van der Waals surface area contributed by atoms with E-state index in [1.807, 2.05) is 0 Å². The number of carboxylic acids is 1. The summed E-state index contributed by atoms with van der Waals surface area (Å²) in [5, 5.41) is 35.2. The van der Waals surface area contributed by atoms with Crippen LogP contribution in [-0.4, -0.2) is 57.4 Å². The second kappa shape index (κ2) is 3.36. The van der Waals surface area contributed by atoms with Crippen molar-refractivity contribution >= 4 is 5.97 Å². The topological polar surface area (TPSA) is 107 Å². The Morgan fingerprint density at radius 3 is 2.42 bits per heavy atom. The van der Waals surface area contributed by atoms with Crippen molar-refractivity contribution in [3.8, 4) is 0 Å². The number of hydrogen-bond acceptors (Lipinski definition) is 5. The van der Waals surface area contributed by atoms with E-state index in [0.717, 1.165) is 0 Å². The predicted octanol–water partition coefficient (Wildman–Crippen LogP) is -2.45. The van der Waals surface area contributed by atoms with Crippen molar-refractivity contribution in [2.45, 2.75) is 24.4 Å². The minimum Gasteiger partial charge on any atom is -0.479 e. The van der Waals surface area contributed by atoms with Crippen molar-refractivity contribution in [3.63, 3.8) is 0 Å². The molecule has 0 unspecified atom stereocenters. The van der Waals surface area contributed by atoms with Crippen LogP contribution in [0.3, 0.4) is 0 Å². The summed E-state index contributed by atoms with van der Waals surface area (Å²) in [6.07, 6.45) is -5.49. The fourth-order valence-corrected chi connectivity index (χ4v) is 1.04. The second-order valence-electron chi connectivity index (χ2n) is 2.64. The number of aliphatic carboxylic acids is 1. The average molecular weight is 178 g/mol. The van der Waals surface area contributed by atoms with Gasteiger partial charge in [0, 0.05) is 0 Å². The minimum absolute atomic E-state index is 0.157. The highest BCUT2D eigenvalue weighted by Gasteiger charge is 2.42. The van der Waals surface area contributed by atoms with Crippen molar-refractivity contribution in [2.75, 3.05) is 6.61 Å². The molecule has 6 heteroatoms. The molecule has 0 aromatic carbocycles. The van der Waals surface area contributed by atoms with Crippen LogP contribution in [0.4, 0.5) is 0 Å². The Hall–Kier alpha value is -0.690. The van der Waals surface area contributed by atoms with Crippen molar-refractivity contribution < 1.29 is 30.0 Å². The smallest absolute Gasteiger partial charge is 0.335 e. The van der Waals surface area contributed by atoms with E-state index >= 15 is 0 Å². The summed E-state index contributed by atoms with van der Waals surface area (Å²) in [5.41, 5.74) is 0. The second-order valence-corrected chi connectivity index (χ2v) is 2.64. The van der Waals surface area contributed by atoms with Crippen LogP contribution < -0.4 is 0 Å². The van der Waals surface area contributed by atoms with Crippen molar-refractivity contribution in [3.05, 3.63) is 0 Å². The molecule has 0 bridgehead atoms. The van der Waals surface area contributed by atoms with Gasteiger partial charge in [0.25, 0.3) is 0 Å². The van der Waals surface area contributed by atoms with Crippen LogP contribution in [0.1, 0.15) is 0 Å². The molecule has 0 aromatic rings. The average Bonchev–Trinajstić information content (AvgIpc) is 2.32. The summed E-state index contributed by atoms with van der Waals surface area (Å²) >= 11 is 0. The Labute approximate surface area is 68.0 Å². The summed E-state index contributed by atoms with van der Waals surface area (Å²) in [7, 11) is 0. The molecule has 0 aliphatic carbocycles. The van der Waals surface area contributed by atoms with Crippen LogP contribution >= 0.6 is 0 Å². The van der Waals surface area contributed by atoms with E-state index in [9.17, 15) is 4.79 Å². The molecule has 4 atom stereocenters. The first-order chi connectivity index (χ1) is 5.54. The molecule has 0 amide bonds. The third-order valence-corrected chi connectivity index (χ3v) is 1.75. The predicted molar refractivity (Wildman–Crippen MR) is 35.4 cm³/mol. The molecule has 1 aliphatic heterocycles. The first-order valence-corrected chi connectivity index (χ1v) is 3.42. The lowest BCUT2D eigenvalue weighted by atomic mass is 10.1. The van der Waals surface area contributed by atoms with Crippen LogP contribution in [0.25, 0.3) is 0 Å². The van der Waals surface area contributed by atoms with Gasteiger partial charge >= 0.3 is 5.97 Å². The Bertz CT molecular complexity index is 181. The number of hydrogen-bond donors (Lipinski definition) is 4. The largest absolute Gasteiger partial charge is 0.479 e. The van der Waals surface area contributed by atoms with Gasteiger partial charge < -0.3 is 25.2 Å². The molecule has 0 saturated carbocycles. The van der Waals surface area contributed by atoms with E-state index in [0.29, 0.717) is 0 Å². The van der Waals surface area contributed by atoms with Crippen LogP contribution in [0.15, 0.2) is 0 Å². The highest BCUT2D eigenvalue weighted by molar-refractivity contribution is 5.72. The van der Waals surface area contributed by atoms with Gasteiger partial charge in [0.1, 0.15) is 18.3 Å². The van der Waals surface area contributed by atoms with Gasteiger partial charge in [-0.2, -0.15) is 0 Å². The van der Waals surface area contributed by atoms with Crippen molar-refractivity contribution in [1.82, 2.24) is 0 Å². The zero-order valence-electron chi connectivity index (χ0n) is 6.12. The molecule has 1 rings (SSSR count). The number of carboxylic acid groups (broad SMARTS) is 1. The standard InChI is InChI=1S/C6H10O6/c7-2-1-12-5(3(2)8)4(9)6(10)11/h2-5,7-9H,1H2,(H,10,11)/t2-,3+,4-,5+/m1/s1. The molecule has 1 heterocycles. The lowest BCUT2D eigenvalue weighted by Gasteiger charge is -2.17. The quantitative estimate of drug-likeness (QED) is 0.374. The van der Waals surface area contributed by atoms with E-state index in [1.54, 1.807) is 0 Å². The minimum atomic E-state index is -1.79. The summed E-state index contributed by atoms with van der Waals surface area (Å²) < 4.78 is 4.67. The van der Waals surface area contributed by atoms with Gasteiger partial charge in [0.05, 0.1) is 6.61 Å². The van der Waals surface area contributed by atoms with Gasteiger partial charge in [-0.1, -0.05) is 0 Å². The molecule has 0 spiro atoms. The molecule has 1 saturated heterocycles. The number of ether oxygens (including phenoxy) is 1. The lowest BCUT2D eigenvalue weighted by Crippen LogP contribution is -2.42. The lowest BCUT2D eigenvalue weighted by molar-refractivity contribution is -0.156. The van der Waals surface area contributed by atoms with E-state index in [4.69, 9.17) is 20.4 Å². The molecule has 1 aliphatic rings. The zero-order chi connectivity index (χ0) is 9.30. The van der Waals surface area contributed by atoms with E-state index < -0.39 is 30.4 Å². The van der Waals surface area contributed by atoms with Gasteiger partial charge in [0.2, 0.25) is 0 Å². The van der Waals surface area contributed by atoms with Crippen LogP contribution in [-0.2, 0) is 9.53 Å². The summed E-state index contributed by atoms with van der Waals surface area (Å²) in [5.74, 6) is -1.48. The first-order valence-electron chi connectivity index (χ1n) is 3.42. The molecular formula is C6H10O6. The van der Waals surface area contributed by atoms with Crippen molar-refractivity contribution in [1.29, 1.82) is 0 Å². The Morgan fingerprint density at radius 2 is 2.08 bits per heavy atom. The van der Waals surface area contributed by atoms with Gasteiger partial charge in [-0.05, 0) is 0 Å². The third-order valence-electron chi connectivity index (χ3n) is 1.75. The van der Waals surface area contributed by atoms with Crippen LogP contribution in [0.2, 0.25) is 0 Å². The van der Waals surface area contributed by atoms with Crippen LogP contribution in [0, 0.1) is 0 Å². The molecular weight excluding hydrogens is 168 g/mol. The monoisotopic (exact) mass is 178 g/mol. The normalized spacial score (nSPS) is 38.1. The highest BCUT2D eigenvalue weighted by Crippen LogP contribution is 2.17. The maximum Gasteiger partial charge on any atom is 0.335 e. The highest BCUT2D eigenvalue weighted by atomic mass is 16.5. The molecule has 0 aromatic heterocycles. The van der Waals surface area contributed by atoms with Gasteiger partial charge in [0.15, 0.2) is 6.10 Å². The van der Waals surface area contributed by atoms with Crippen LogP contribution in [0.5, 0.6) is 0 Å². The van der Waals surface area contributed by atoms with Gasteiger partial charge in [-0.25, -0.2) is 4.79 Å². The molecule has 6 nitrogen and oxygen atoms in total. The fraction of sp³-hybridized carbons (Fsp3) is 0.833. The number of aliphatic hydroxyl groups is 3. The van der Waals surface area contributed by atoms with E-state index in [1.165, 1.54) is 0 Å². The van der Waals surface area contributed by atoms with E-state index in [-0.39, 0.29) is 6.61 Å². The molecule has 0 radical (unpaired) electrons. The summed E-state index contributed by atoms with van der Waals surface area (Å²) in [4.78, 5) is 10.2. The molecule has 12 heavy (non-hydrogen) atoms. The Morgan fingerprint density at radius 1 is 1.50 bits per heavy atom. The number of aliphatic hydroxyl groups excluding tert-OH is 3. The zero-order valence-corrected chi connectivity index (χ0v) is 6.12. The van der Waals surface area contributed by atoms with Crippen molar-refractivity contribution in [2.24, 2.45) is 0 Å².